The highest BCUT2D eigenvalue weighted by molar-refractivity contribution is 7.89. The molecule has 0 unspecified atom stereocenters. The molecule has 6 nitrogen and oxygen atoms in total. The number of carbonyl (C=O) groups excluding carboxylic acids is 1. The Kier molecular flexibility index (Phi) is 3.93. The number of anilines is 1. The number of carbonyl (C=O) groups is 1. The number of sulfonamides is 1. The SMILES string of the molecule is CN1C(=O)Cc2cc(S(=O)(=O)NC(C)(C)c3cccnc3)ccc21. The van der Waals surface area contributed by atoms with Gasteiger partial charge in [-0.15, -0.1) is 0 Å². The summed E-state index contributed by atoms with van der Waals surface area (Å²) in [6.07, 6.45) is 3.50. The third-order valence-corrected chi connectivity index (χ3v) is 5.86. The van der Waals surface area contributed by atoms with Crippen molar-refractivity contribution in [2.75, 3.05) is 11.9 Å². The smallest absolute Gasteiger partial charge is 0.241 e. The van der Waals surface area contributed by atoms with Gasteiger partial charge in [-0.05, 0) is 49.2 Å². The summed E-state index contributed by atoms with van der Waals surface area (Å²) in [6, 6.07) is 8.36. The Labute approximate surface area is 141 Å². The molecule has 1 amide bonds. The van der Waals surface area contributed by atoms with Gasteiger partial charge in [-0.2, -0.15) is 0 Å². The number of nitrogens with zero attached hydrogens (tertiary/aromatic N) is 2. The Balaban J connectivity index is 1.92. The standard InChI is InChI=1S/C17H19N3O3S/c1-17(2,13-5-4-8-18-11-13)19-24(22,23)14-6-7-15-12(9-14)10-16(21)20(15)3/h4-9,11,19H,10H2,1-3H3. The summed E-state index contributed by atoms with van der Waals surface area (Å²) < 4.78 is 28.2. The predicted molar refractivity (Wildman–Crippen MR) is 91.1 cm³/mol. The van der Waals surface area contributed by atoms with Gasteiger partial charge in [0, 0.05) is 25.1 Å². The molecule has 0 spiro atoms. The van der Waals surface area contributed by atoms with Crippen LogP contribution in [0, 0.1) is 0 Å². The molecule has 126 valence electrons. The van der Waals surface area contributed by atoms with Crippen molar-refractivity contribution in [3.8, 4) is 0 Å². The molecule has 1 aromatic carbocycles. The van der Waals surface area contributed by atoms with Gasteiger partial charge < -0.3 is 4.90 Å². The van der Waals surface area contributed by atoms with E-state index < -0.39 is 15.6 Å². The van der Waals surface area contributed by atoms with Crippen molar-refractivity contribution >= 4 is 21.6 Å². The van der Waals surface area contributed by atoms with Crippen LogP contribution in [0.4, 0.5) is 5.69 Å². The Morgan fingerprint density at radius 1 is 1.25 bits per heavy atom. The third kappa shape index (κ3) is 2.92. The van der Waals surface area contributed by atoms with E-state index in [0.717, 1.165) is 16.8 Å². The molecule has 0 atom stereocenters. The number of fused-ring (bicyclic) bond motifs is 1. The minimum Gasteiger partial charge on any atom is -0.315 e. The quantitative estimate of drug-likeness (QED) is 0.917. The molecule has 1 N–H and O–H groups in total. The van der Waals surface area contributed by atoms with Crippen molar-refractivity contribution in [2.24, 2.45) is 0 Å². The van der Waals surface area contributed by atoms with E-state index in [4.69, 9.17) is 0 Å². The molecule has 0 saturated heterocycles. The van der Waals surface area contributed by atoms with Crippen molar-refractivity contribution < 1.29 is 13.2 Å². The lowest BCUT2D eigenvalue weighted by atomic mass is 9.98. The summed E-state index contributed by atoms with van der Waals surface area (Å²) in [5.74, 6) is -0.0387. The van der Waals surface area contributed by atoms with Crippen LogP contribution in [-0.2, 0) is 26.8 Å². The van der Waals surface area contributed by atoms with Crippen LogP contribution < -0.4 is 9.62 Å². The van der Waals surface area contributed by atoms with Gasteiger partial charge in [0.15, 0.2) is 0 Å². The number of likely N-dealkylation sites (N-methyl/N-ethyl adjacent to an activating group) is 1. The van der Waals surface area contributed by atoms with E-state index in [1.54, 1.807) is 56.4 Å². The van der Waals surface area contributed by atoms with Crippen LogP contribution in [0.5, 0.6) is 0 Å². The highest BCUT2D eigenvalue weighted by atomic mass is 32.2. The molecule has 0 bridgehead atoms. The number of pyridine rings is 1. The number of aromatic nitrogens is 1. The van der Waals surface area contributed by atoms with E-state index in [1.807, 2.05) is 6.07 Å². The molecule has 0 radical (unpaired) electrons. The van der Waals surface area contributed by atoms with Gasteiger partial charge in [0.2, 0.25) is 15.9 Å². The molecule has 1 aliphatic rings. The zero-order valence-electron chi connectivity index (χ0n) is 13.8. The fourth-order valence-electron chi connectivity index (χ4n) is 2.80. The summed E-state index contributed by atoms with van der Waals surface area (Å²) in [5.41, 5.74) is 1.44. The van der Waals surface area contributed by atoms with Crippen molar-refractivity contribution in [3.05, 3.63) is 53.9 Å². The number of hydrogen-bond donors (Lipinski definition) is 1. The van der Waals surface area contributed by atoms with E-state index in [0.29, 0.717) is 0 Å². The van der Waals surface area contributed by atoms with Crippen LogP contribution in [0.2, 0.25) is 0 Å². The Hall–Kier alpha value is -2.25. The number of rotatable bonds is 4. The number of amides is 1. The molecule has 24 heavy (non-hydrogen) atoms. The fraction of sp³-hybridized carbons (Fsp3) is 0.294. The van der Waals surface area contributed by atoms with Gasteiger partial charge in [0.25, 0.3) is 0 Å². The van der Waals surface area contributed by atoms with Crippen molar-refractivity contribution in [2.45, 2.75) is 30.7 Å². The maximum atomic E-state index is 12.8. The second-order valence-electron chi connectivity index (χ2n) is 6.39. The monoisotopic (exact) mass is 345 g/mol. The summed E-state index contributed by atoms with van der Waals surface area (Å²) in [5, 5.41) is 0. The van der Waals surface area contributed by atoms with Gasteiger partial charge in [-0.25, -0.2) is 13.1 Å². The summed E-state index contributed by atoms with van der Waals surface area (Å²) in [6.45, 7) is 3.57. The zero-order valence-corrected chi connectivity index (χ0v) is 14.6. The highest BCUT2D eigenvalue weighted by Crippen LogP contribution is 2.30. The number of benzene rings is 1. The van der Waals surface area contributed by atoms with Crippen molar-refractivity contribution in [1.29, 1.82) is 0 Å². The molecule has 0 fully saturated rings. The van der Waals surface area contributed by atoms with Crippen LogP contribution in [0.25, 0.3) is 0 Å². The minimum atomic E-state index is -3.73. The molecule has 1 aliphatic heterocycles. The lowest BCUT2D eigenvalue weighted by Crippen LogP contribution is -2.41. The highest BCUT2D eigenvalue weighted by Gasteiger charge is 2.30. The molecule has 2 heterocycles. The summed E-state index contributed by atoms with van der Waals surface area (Å²) in [4.78, 5) is 17.5. The Bertz CT molecular complexity index is 893. The molecule has 0 saturated carbocycles. The van der Waals surface area contributed by atoms with Crippen LogP contribution in [0.3, 0.4) is 0 Å². The lowest BCUT2D eigenvalue weighted by Gasteiger charge is -2.26. The first-order valence-corrected chi connectivity index (χ1v) is 9.03. The second-order valence-corrected chi connectivity index (χ2v) is 8.07. The van der Waals surface area contributed by atoms with Crippen LogP contribution in [0.1, 0.15) is 25.0 Å². The van der Waals surface area contributed by atoms with Crippen LogP contribution in [-0.4, -0.2) is 26.4 Å². The van der Waals surface area contributed by atoms with E-state index in [2.05, 4.69) is 9.71 Å². The fourth-order valence-corrected chi connectivity index (χ4v) is 4.25. The first-order chi connectivity index (χ1) is 11.2. The number of hydrogen-bond acceptors (Lipinski definition) is 4. The van der Waals surface area contributed by atoms with Crippen LogP contribution in [0.15, 0.2) is 47.6 Å². The molecule has 0 aliphatic carbocycles. The number of nitrogens with one attached hydrogen (secondary N) is 1. The second kappa shape index (κ2) is 5.68. The normalized spacial score (nSPS) is 14.8. The third-order valence-electron chi connectivity index (χ3n) is 4.21. The van der Waals surface area contributed by atoms with E-state index in [1.165, 1.54) is 6.07 Å². The Morgan fingerprint density at radius 3 is 2.67 bits per heavy atom. The van der Waals surface area contributed by atoms with Gasteiger partial charge in [-0.1, -0.05) is 6.07 Å². The first-order valence-electron chi connectivity index (χ1n) is 7.55. The molecule has 3 rings (SSSR count). The van der Waals surface area contributed by atoms with Gasteiger partial charge in [-0.3, -0.25) is 9.78 Å². The molecule has 1 aromatic heterocycles. The Morgan fingerprint density at radius 2 is 2.00 bits per heavy atom. The van der Waals surface area contributed by atoms with E-state index >= 15 is 0 Å². The van der Waals surface area contributed by atoms with Gasteiger partial charge in [0.05, 0.1) is 16.9 Å². The molecular formula is C17H19N3O3S. The van der Waals surface area contributed by atoms with Crippen LogP contribution >= 0.6 is 0 Å². The molecule has 7 heteroatoms. The van der Waals surface area contributed by atoms with Gasteiger partial charge >= 0.3 is 0 Å². The summed E-state index contributed by atoms with van der Waals surface area (Å²) >= 11 is 0. The molecular weight excluding hydrogens is 326 g/mol. The average molecular weight is 345 g/mol. The van der Waals surface area contributed by atoms with E-state index in [9.17, 15) is 13.2 Å². The lowest BCUT2D eigenvalue weighted by molar-refractivity contribution is -0.117. The molecule has 2 aromatic rings. The maximum absolute atomic E-state index is 12.8. The zero-order chi connectivity index (χ0) is 17.5. The minimum absolute atomic E-state index is 0.0387. The summed E-state index contributed by atoms with van der Waals surface area (Å²) in [7, 11) is -2.04. The average Bonchev–Trinajstić information content (AvgIpc) is 2.81. The maximum Gasteiger partial charge on any atom is 0.241 e. The van der Waals surface area contributed by atoms with E-state index in [-0.39, 0.29) is 17.2 Å². The van der Waals surface area contributed by atoms with Crippen molar-refractivity contribution in [3.63, 3.8) is 0 Å². The topological polar surface area (TPSA) is 79.4 Å². The largest absolute Gasteiger partial charge is 0.315 e. The predicted octanol–water partition coefficient (Wildman–Crippen LogP) is 1.81. The first kappa shape index (κ1) is 16.6. The van der Waals surface area contributed by atoms with Gasteiger partial charge in [0.1, 0.15) is 0 Å². The van der Waals surface area contributed by atoms with Crippen molar-refractivity contribution in [1.82, 2.24) is 9.71 Å².